The van der Waals surface area contributed by atoms with E-state index in [1.807, 2.05) is 60.7 Å². The zero-order valence-electron chi connectivity index (χ0n) is 14.4. The molecule has 0 fully saturated rings. The van der Waals surface area contributed by atoms with E-state index < -0.39 is 0 Å². The molecule has 1 amide bonds. The fourth-order valence-electron chi connectivity index (χ4n) is 2.88. The van der Waals surface area contributed by atoms with Crippen LogP contribution in [0.15, 0.2) is 92.4 Å². The molecule has 3 aromatic rings. The number of benzene rings is 3. The summed E-state index contributed by atoms with van der Waals surface area (Å²) in [5, 5.41) is 0.633. The molecule has 1 aliphatic heterocycles. The zero-order valence-corrected chi connectivity index (χ0v) is 18.4. The summed E-state index contributed by atoms with van der Waals surface area (Å²) in [7, 11) is 0. The van der Waals surface area contributed by atoms with Gasteiger partial charge in [-0.25, -0.2) is 4.99 Å². The van der Waals surface area contributed by atoms with Crippen LogP contribution >= 0.6 is 43.5 Å². The van der Waals surface area contributed by atoms with Crippen LogP contribution in [0.4, 0.5) is 5.69 Å². The maximum absolute atomic E-state index is 13.2. The van der Waals surface area contributed by atoms with Crippen LogP contribution in [0, 0.1) is 0 Å². The number of aliphatic imine (C=N–C) groups is 1. The molecule has 0 saturated carbocycles. The predicted octanol–water partition coefficient (Wildman–Crippen LogP) is 6.70. The molecule has 0 saturated heterocycles. The molecule has 0 aromatic heterocycles. The van der Waals surface area contributed by atoms with Gasteiger partial charge in [-0.1, -0.05) is 61.7 Å². The Morgan fingerprint density at radius 2 is 1.61 bits per heavy atom. The zero-order chi connectivity index (χ0) is 19.7. The van der Waals surface area contributed by atoms with E-state index in [-0.39, 0.29) is 5.91 Å². The number of rotatable bonds is 3. The van der Waals surface area contributed by atoms with Gasteiger partial charge in [0.25, 0.3) is 5.91 Å². The molecule has 0 bridgehead atoms. The molecule has 1 heterocycles. The SMILES string of the molecule is O=C1/C(=C\c2ccc(Br)cc2)N=C(c2ccc(Cl)cc2)N1c1cccc(Br)c1. The third-order valence-corrected chi connectivity index (χ3v) is 5.48. The summed E-state index contributed by atoms with van der Waals surface area (Å²) in [5.41, 5.74) is 2.85. The van der Waals surface area contributed by atoms with Crippen LogP contribution in [-0.2, 0) is 4.79 Å². The normalized spacial score (nSPS) is 15.2. The Balaban J connectivity index is 1.82. The second kappa shape index (κ2) is 8.03. The average molecular weight is 517 g/mol. The quantitative estimate of drug-likeness (QED) is 0.357. The molecule has 0 spiro atoms. The predicted molar refractivity (Wildman–Crippen MR) is 122 cm³/mol. The van der Waals surface area contributed by atoms with Gasteiger partial charge in [-0.3, -0.25) is 9.69 Å². The van der Waals surface area contributed by atoms with E-state index in [0.717, 1.165) is 25.8 Å². The molecule has 3 aromatic carbocycles. The Morgan fingerprint density at radius 1 is 0.893 bits per heavy atom. The smallest absolute Gasteiger partial charge is 0.266 e. The number of nitrogens with zero attached hydrogens (tertiary/aromatic N) is 2. The Bertz CT molecular complexity index is 1110. The van der Waals surface area contributed by atoms with Gasteiger partial charge in [0.2, 0.25) is 0 Å². The van der Waals surface area contributed by atoms with Crippen molar-refractivity contribution < 1.29 is 4.79 Å². The van der Waals surface area contributed by atoms with Crippen LogP contribution in [0.5, 0.6) is 0 Å². The van der Waals surface area contributed by atoms with Crippen molar-refractivity contribution >= 4 is 67.0 Å². The lowest BCUT2D eigenvalue weighted by molar-refractivity contribution is -0.113. The molecule has 6 heteroatoms. The number of anilines is 1. The summed E-state index contributed by atoms with van der Waals surface area (Å²) in [5.74, 6) is 0.397. The Kier molecular flexibility index (Phi) is 5.49. The number of hydrogen-bond donors (Lipinski definition) is 0. The van der Waals surface area contributed by atoms with E-state index in [9.17, 15) is 4.79 Å². The number of carbonyl (C=O) groups excluding carboxylic acids is 1. The Hall–Kier alpha value is -2.21. The first kappa shape index (κ1) is 19.1. The first-order chi connectivity index (χ1) is 13.5. The Morgan fingerprint density at radius 3 is 2.29 bits per heavy atom. The summed E-state index contributed by atoms with van der Waals surface area (Å²) in [6, 6.07) is 22.6. The summed E-state index contributed by atoms with van der Waals surface area (Å²) < 4.78 is 1.87. The van der Waals surface area contributed by atoms with Gasteiger partial charge in [-0.15, -0.1) is 0 Å². The minimum Gasteiger partial charge on any atom is -0.266 e. The second-order valence-corrected chi connectivity index (χ2v) is 8.41. The van der Waals surface area contributed by atoms with Crippen molar-refractivity contribution in [3.05, 3.63) is 104 Å². The van der Waals surface area contributed by atoms with Gasteiger partial charge in [0.1, 0.15) is 11.5 Å². The fourth-order valence-corrected chi connectivity index (χ4v) is 3.66. The molecule has 28 heavy (non-hydrogen) atoms. The monoisotopic (exact) mass is 514 g/mol. The average Bonchev–Trinajstić information content (AvgIpc) is 3.00. The number of halogens is 3. The topological polar surface area (TPSA) is 32.7 Å². The van der Waals surface area contributed by atoms with Crippen molar-refractivity contribution in [3.8, 4) is 0 Å². The molecule has 3 nitrogen and oxygen atoms in total. The molecule has 138 valence electrons. The third kappa shape index (κ3) is 3.97. The van der Waals surface area contributed by atoms with Crippen LogP contribution in [0.2, 0.25) is 5.02 Å². The summed E-state index contributed by atoms with van der Waals surface area (Å²) in [4.78, 5) is 19.5. The van der Waals surface area contributed by atoms with E-state index in [4.69, 9.17) is 11.6 Å². The van der Waals surface area contributed by atoms with Crippen molar-refractivity contribution in [2.75, 3.05) is 4.90 Å². The second-order valence-electron chi connectivity index (χ2n) is 6.14. The Labute approximate surface area is 184 Å². The molecule has 0 N–H and O–H groups in total. The van der Waals surface area contributed by atoms with Gasteiger partial charge in [-0.2, -0.15) is 0 Å². The molecule has 1 aliphatic rings. The van der Waals surface area contributed by atoms with Gasteiger partial charge in [0, 0.05) is 19.5 Å². The first-order valence-electron chi connectivity index (χ1n) is 8.43. The van der Waals surface area contributed by atoms with E-state index in [2.05, 4.69) is 36.9 Å². The molecule has 0 radical (unpaired) electrons. The van der Waals surface area contributed by atoms with Crippen molar-refractivity contribution in [1.82, 2.24) is 0 Å². The van der Waals surface area contributed by atoms with Crippen molar-refractivity contribution in [2.24, 2.45) is 4.99 Å². The van der Waals surface area contributed by atoms with Gasteiger partial charge >= 0.3 is 0 Å². The molecule has 4 rings (SSSR count). The van der Waals surface area contributed by atoms with Crippen LogP contribution in [0.1, 0.15) is 11.1 Å². The van der Waals surface area contributed by atoms with Crippen molar-refractivity contribution in [2.45, 2.75) is 0 Å². The van der Waals surface area contributed by atoms with Crippen molar-refractivity contribution in [1.29, 1.82) is 0 Å². The van der Waals surface area contributed by atoms with E-state index >= 15 is 0 Å². The van der Waals surface area contributed by atoms with Crippen LogP contribution in [-0.4, -0.2) is 11.7 Å². The van der Waals surface area contributed by atoms with Gasteiger partial charge in [0.15, 0.2) is 0 Å². The van der Waals surface area contributed by atoms with Gasteiger partial charge in [-0.05, 0) is 66.2 Å². The third-order valence-electron chi connectivity index (χ3n) is 4.20. The van der Waals surface area contributed by atoms with Gasteiger partial charge in [0.05, 0.1) is 5.69 Å². The molecular weight excluding hydrogens is 504 g/mol. The van der Waals surface area contributed by atoms with E-state index in [1.165, 1.54) is 0 Å². The lowest BCUT2D eigenvalue weighted by Crippen LogP contribution is -2.32. The maximum Gasteiger partial charge on any atom is 0.282 e. The van der Waals surface area contributed by atoms with Crippen LogP contribution in [0.3, 0.4) is 0 Å². The summed E-state index contributed by atoms with van der Waals surface area (Å²) in [6.45, 7) is 0. The largest absolute Gasteiger partial charge is 0.282 e. The maximum atomic E-state index is 13.2. The van der Waals surface area contributed by atoms with Crippen LogP contribution in [0.25, 0.3) is 6.08 Å². The number of amides is 1. The summed E-state index contributed by atoms with van der Waals surface area (Å²) in [6.07, 6.45) is 1.79. The van der Waals surface area contributed by atoms with E-state index in [1.54, 1.807) is 23.1 Å². The highest BCUT2D eigenvalue weighted by atomic mass is 79.9. The molecule has 0 atom stereocenters. The number of carbonyl (C=O) groups is 1. The minimum atomic E-state index is -0.175. The molecule has 0 unspecified atom stereocenters. The highest BCUT2D eigenvalue weighted by Crippen LogP contribution is 2.30. The van der Waals surface area contributed by atoms with E-state index in [0.29, 0.717) is 16.6 Å². The number of hydrogen-bond acceptors (Lipinski definition) is 2. The van der Waals surface area contributed by atoms with Crippen LogP contribution < -0.4 is 4.90 Å². The van der Waals surface area contributed by atoms with Gasteiger partial charge < -0.3 is 0 Å². The standard InChI is InChI=1S/C22H13Br2ClN2O/c23-16-8-4-14(5-9-16)12-20-22(28)27(19-3-1-2-17(24)13-19)21(26-20)15-6-10-18(25)11-7-15/h1-13H/b20-12+. The van der Waals surface area contributed by atoms with Crippen molar-refractivity contribution in [3.63, 3.8) is 0 Å². The highest BCUT2D eigenvalue weighted by Gasteiger charge is 2.32. The fraction of sp³-hybridized carbons (Fsp3) is 0. The highest BCUT2D eigenvalue weighted by molar-refractivity contribution is 9.10. The number of amidine groups is 1. The summed E-state index contributed by atoms with van der Waals surface area (Å²) >= 11 is 12.9. The minimum absolute atomic E-state index is 0.175. The lowest BCUT2D eigenvalue weighted by atomic mass is 10.1. The molecular formula is C22H13Br2ClN2O. The molecule has 0 aliphatic carbocycles. The lowest BCUT2D eigenvalue weighted by Gasteiger charge is -2.18. The first-order valence-corrected chi connectivity index (χ1v) is 10.4.